The van der Waals surface area contributed by atoms with Crippen molar-refractivity contribution >= 4 is 5.91 Å². The Morgan fingerprint density at radius 2 is 1.32 bits per heavy atom. The summed E-state index contributed by atoms with van der Waals surface area (Å²) in [6.07, 6.45) is 16.9. The third kappa shape index (κ3) is 15.8. The predicted molar refractivity (Wildman–Crippen MR) is 93.3 cm³/mol. The van der Waals surface area contributed by atoms with Crippen LogP contribution in [-0.4, -0.2) is 17.1 Å². The van der Waals surface area contributed by atoms with Crippen molar-refractivity contribution in [2.75, 3.05) is 0 Å². The maximum absolute atomic E-state index is 10.9. The summed E-state index contributed by atoms with van der Waals surface area (Å²) in [7, 11) is 0. The van der Waals surface area contributed by atoms with Gasteiger partial charge in [0, 0.05) is 6.42 Å². The van der Waals surface area contributed by atoms with E-state index < -0.39 is 0 Å². The topological polar surface area (TPSA) is 75.3 Å². The number of nitrogens with two attached hydrogens (primary N) is 1. The van der Waals surface area contributed by atoms with Gasteiger partial charge in [0.25, 0.3) is 0 Å². The molecule has 0 aliphatic rings. The smallest absolute Gasteiger partial charge is 0.233 e. The third-order valence-electron chi connectivity index (χ3n) is 4.24. The second-order valence-corrected chi connectivity index (χ2v) is 6.44. The minimum absolute atomic E-state index is 0.0618. The van der Waals surface area contributed by atoms with Crippen molar-refractivity contribution in [3.05, 3.63) is 0 Å². The Labute approximate surface area is 137 Å². The minimum atomic E-state index is -0.0782. The second-order valence-electron chi connectivity index (χ2n) is 6.44. The van der Waals surface area contributed by atoms with Gasteiger partial charge in [-0.05, 0) is 19.3 Å². The maximum atomic E-state index is 10.9. The van der Waals surface area contributed by atoms with Gasteiger partial charge >= 0.3 is 0 Å². The highest BCUT2D eigenvalue weighted by Gasteiger charge is 2.03. The molecule has 0 aromatic heterocycles. The lowest BCUT2D eigenvalue weighted by atomic mass is 10.0. The lowest BCUT2D eigenvalue weighted by molar-refractivity contribution is -0.121. The molecule has 0 spiro atoms. The van der Waals surface area contributed by atoms with Gasteiger partial charge in [-0.2, -0.15) is 0 Å². The van der Waals surface area contributed by atoms with Crippen LogP contribution in [-0.2, 0) is 4.79 Å². The zero-order valence-electron chi connectivity index (χ0n) is 14.6. The van der Waals surface area contributed by atoms with Crippen LogP contribution in [0.5, 0.6) is 0 Å². The van der Waals surface area contributed by atoms with Crippen molar-refractivity contribution < 1.29 is 9.90 Å². The van der Waals surface area contributed by atoms with E-state index in [1.165, 1.54) is 57.8 Å². The van der Waals surface area contributed by atoms with Crippen molar-refractivity contribution in [3.8, 4) is 0 Å². The number of carbonyl (C=O) groups is 1. The number of rotatable bonds is 16. The number of unbranched alkanes of at least 4 members (excludes halogenated alkanes) is 10. The molecule has 1 amide bonds. The molecule has 1 atom stereocenters. The van der Waals surface area contributed by atoms with Gasteiger partial charge in [-0.15, -0.1) is 0 Å². The first-order valence-electron chi connectivity index (χ1n) is 9.38. The van der Waals surface area contributed by atoms with Crippen molar-refractivity contribution in [1.29, 1.82) is 0 Å². The van der Waals surface area contributed by atoms with Crippen LogP contribution in [0.2, 0.25) is 0 Å². The summed E-state index contributed by atoms with van der Waals surface area (Å²) in [4.78, 5) is 10.9. The van der Waals surface area contributed by atoms with Gasteiger partial charge in [0.15, 0.2) is 0 Å². The molecule has 0 aromatic carbocycles. The standard InChI is InChI=1S/C18H38N2O2/c1-2-3-4-11-14-17(21)15-12-9-7-5-6-8-10-13-16-18(22)20-19/h17,21H,2-16,19H2,1H3,(H,20,22)/t17-/m1/s1. The zero-order valence-corrected chi connectivity index (χ0v) is 14.6. The molecule has 0 saturated carbocycles. The van der Waals surface area contributed by atoms with E-state index in [4.69, 9.17) is 5.84 Å². The second kappa shape index (κ2) is 16.8. The highest BCUT2D eigenvalue weighted by molar-refractivity contribution is 5.74. The van der Waals surface area contributed by atoms with Gasteiger partial charge in [-0.25, -0.2) is 5.84 Å². The highest BCUT2D eigenvalue weighted by Crippen LogP contribution is 2.14. The lowest BCUT2D eigenvalue weighted by Crippen LogP contribution is -2.29. The van der Waals surface area contributed by atoms with Crippen LogP contribution in [0.4, 0.5) is 0 Å². The zero-order chi connectivity index (χ0) is 16.5. The molecular formula is C18H38N2O2. The van der Waals surface area contributed by atoms with Crippen molar-refractivity contribution in [3.63, 3.8) is 0 Å². The van der Waals surface area contributed by atoms with Gasteiger partial charge in [0.05, 0.1) is 6.10 Å². The minimum Gasteiger partial charge on any atom is -0.393 e. The summed E-state index contributed by atoms with van der Waals surface area (Å²) in [6.45, 7) is 2.22. The molecule has 0 fully saturated rings. The number of hydrogen-bond acceptors (Lipinski definition) is 3. The van der Waals surface area contributed by atoms with Crippen molar-refractivity contribution in [2.24, 2.45) is 5.84 Å². The Hall–Kier alpha value is -0.610. The number of aliphatic hydroxyl groups excluding tert-OH is 1. The Bertz CT molecular complexity index is 247. The summed E-state index contributed by atoms with van der Waals surface area (Å²) < 4.78 is 0. The molecule has 0 radical (unpaired) electrons. The molecule has 0 bridgehead atoms. The number of hydrogen-bond donors (Lipinski definition) is 3. The Balaban J connectivity index is 3.14. The number of amides is 1. The van der Waals surface area contributed by atoms with E-state index in [-0.39, 0.29) is 12.0 Å². The van der Waals surface area contributed by atoms with Crippen molar-refractivity contribution in [2.45, 2.75) is 109 Å². The van der Waals surface area contributed by atoms with Crippen LogP contribution < -0.4 is 11.3 Å². The average molecular weight is 315 g/mol. The maximum Gasteiger partial charge on any atom is 0.233 e. The van der Waals surface area contributed by atoms with Crippen LogP contribution in [0.25, 0.3) is 0 Å². The molecule has 4 N–H and O–H groups in total. The Morgan fingerprint density at radius 1 is 0.864 bits per heavy atom. The molecule has 0 heterocycles. The van der Waals surface area contributed by atoms with Crippen molar-refractivity contribution in [1.82, 2.24) is 5.43 Å². The molecule has 0 aromatic rings. The Morgan fingerprint density at radius 3 is 1.82 bits per heavy atom. The summed E-state index contributed by atoms with van der Waals surface area (Å²) in [6, 6.07) is 0. The van der Waals surface area contributed by atoms with Gasteiger partial charge in [-0.1, -0.05) is 77.6 Å². The fourth-order valence-corrected chi connectivity index (χ4v) is 2.75. The molecule has 0 saturated heterocycles. The molecule has 0 aliphatic heterocycles. The average Bonchev–Trinajstić information content (AvgIpc) is 2.53. The van der Waals surface area contributed by atoms with Crippen LogP contribution in [0.15, 0.2) is 0 Å². The number of aliphatic hydroxyl groups is 1. The van der Waals surface area contributed by atoms with E-state index in [1.54, 1.807) is 0 Å². The number of nitrogens with one attached hydrogen (secondary N) is 1. The van der Waals surface area contributed by atoms with E-state index >= 15 is 0 Å². The first kappa shape index (κ1) is 21.4. The molecule has 4 nitrogen and oxygen atoms in total. The van der Waals surface area contributed by atoms with Crippen LogP contribution in [0, 0.1) is 0 Å². The largest absolute Gasteiger partial charge is 0.393 e. The quantitative estimate of drug-likeness (QED) is 0.173. The molecule has 0 aliphatic carbocycles. The first-order chi connectivity index (χ1) is 10.7. The third-order valence-corrected chi connectivity index (χ3v) is 4.24. The van der Waals surface area contributed by atoms with Gasteiger partial charge < -0.3 is 5.11 Å². The van der Waals surface area contributed by atoms with Crippen LogP contribution >= 0.6 is 0 Å². The van der Waals surface area contributed by atoms with Gasteiger partial charge in [0.2, 0.25) is 5.91 Å². The fraction of sp³-hybridized carbons (Fsp3) is 0.944. The summed E-state index contributed by atoms with van der Waals surface area (Å²) in [5.41, 5.74) is 2.16. The summed E-state index contributed by atoms with van der Waals surface area (Å²) in [5, 5.41) is 9.87. The molecule has 22 heavy (non-hydrogen) atoms. The van der Waals surface area contributed by atoms with Crippen LogP contribution in [0.1, 0.15) is 103 Å². The first-order valence-corrected chi connectivity index (χ1v) is 9.38. The number of hydrazine groups is 1. The number of carbonyl (C=O) groups excluding carboxylic acids is 1. The summed E-state index contributed by atoms with van der Waals surface area (Å²) >= 11 is 0. The molecule has 0 unspecified atom stereocenters. The normalized spacial score (nSPS) is 12.3. The fourth-order valence-electron chi connectivity index (χ4n) is 2.75. The highest BCUT2D eigenvalue weighted by atomic mass is 16.3. The summed E-state index contributed by atoms with van der Waals surface area (Å²) in [5.74, 6) is 4.96. The monoisotopic (exact) mass is 314 g/mol. The van der Waals surface area contributed by atoms with E-state index in [0.717, 1.165) is 32.1 Å². The molecule has 132 valence electrons. The van der Waals surface area contributed by atoms with E-state index in [1.807, 2.05) is 0 Å². The van der Waals surface area contributed by atoms with E-state index in [0.29, 0.717) is 6.42 Å². The molecular weight excluding hydrogens is 276 g/mol. The van der Waals surface area contributed by atoms with Gasteiger partial charge in [0.1, 0.15) is 0 Å². The van der Waals surface area contributed by atoms with E-state index in [9.17, 15) is 9.90 Å². The predicted octanol–water partition coefficient (Wildman–Crippen LogP) is 4.21. The lowest BCUT2D eigenvalue weighted by Gasteiger charge is -2.10. The Kier molecular flexibility index (Phi) is 16.3. The SMILES string of the molecule is CCCCCC[C@@H](O)CCCCCCCCCCC(=O)NN. The van der Waals surface area contributed by atoms with Crippen LogP contribution in [0.3, 0.4) is 0 Å². The molecule has 0 rings (SSSR count). The molecule has 4 heteroatoms. The van der Waals surface area contributed by atoms with Gasteiger partial charge in [-0.3, -0.25) is 10.2 Å². The van der Waals surface area contributed by atoms with E-state index in [2.05, 4.69) is 12.3 Å².